The highest BCUT2D eigenvalue weighted by Crippen LogP contribution is 2.12. The number of rotatable bonds is 7. The molecule has 1 atom stereocenters. The van der Waals surface area contributed by atoms with Crippen LogP contribution in [0.1, 0.15) is 52.3 Å². The quantitative estimate of drug-likeness (QED) is 0.832. The molecule has 0 aromatic carbocycles. The molecule has 2 rings (SSSR count). The molecule has 1 saturated heterocycles. The summed E-state index contributed by atoms with van der Waals surface area (Å²) in [5.41, 5.74) is 1.19. The minimum atomic E-state index is 0.443. The Bertz CT molecular complexity index is 391. The van der Waals surface area contributed by atoms with Crippen LogP contribution in [0.4, 0.5) is 0 Å². The zero-order valence-corrected chi connectivity index (χ0v) is 13.5. The average Bonchev–Trinajstić information content (AvgIpc) is 2.99. The minimum absolute atomic E-state index is 0.443. The molecule has 1 N–H and O–H groups in total. The minimum Gasteiger partial charge on any atom is -0.313 e. The first-order chi connectivity index (χ1) is 9.54. The van der Waals surface area contributed by atoms with E-state index in [-0.39, 0.29) is 0 Å². The predicted molar refractivity (Wildman–Crippen MR) is 83.8 cm³/mol. The van der Waals surface area contributed by atoms with Gasteiger partial charge in [0.05, 0.1) is 5.69 Å². The molecule has 2 heterocycles. The molecule has 1 aromatic rings. The summed E-state index contributed by atoms with van der Waals surface area (Å²) in [7, 11) is 0. The Morgan fingerprint density at radius 3 is 2.75 bits per heavy atom. The van der Waals surface area contributed by atoms with Crippen molar-refractivity contribution in [2.45, 2.75) is 59.2 Å². The van der Waals surface area contributed by atoms with E-state index in [2.05, 4.69) is 60.0 Å². The van der Waals surface area contributed by atoms with Gasteiger partial charge in [0.1, 0.15) is 0 Å². The van der Waals surface area contributed by atoms with Gasteiger partial charge in [0.15, 0.2) is 0 Å². The van der Waals surface area contributed by atoms with E-state index in [9.17, 15) is 0 Å². The van der Waals surface area contributed by atoms with Gasteiger partial charge in [0.25, 0.3) is 0 Å². The number of hydrogen-bond donors (Lipinski definition) is 1. The molecule has 1 aromatic heterocycles. The van der Waals surface area contributed by atoms with E-state index < -0.39 is 0 Å². The summed E-state index contributed by atoms with van der Waals surface area (Å²) in [4.78, 5) is 2.56. The van der Waals surface area contributed by atoms with Gasteiger partial charge in [-0.15, -0.1) is 0 Å². The maximum Gasteiger partial charge on any atom is 0.0764 e. The maximum absolute atomic E-state index is 4.69. The second-order valence-electron chi connectivity index (χ2n) is 6.76. The fourth-order valence-electron chi connectivity index (χ4n) is 2.92. The SMILES string of the molecule is CC(C)CN(Cc1ccn(C(C)C)n1)CC1CCCN1. The van der Waals surface area contributed by atoms with Crippen molar-refractivity contribution < 1.29 is 0 Å². The second-order valence-corrected chi connectivity index (χ2v) is 6.76. The van der Waals surface area contributed by atoms with Crippen LogP contribution in [0.3, 0.4) is 0 Å². The normalized spacial score (nSPS) is 19.6. The van der Waals surface area contributed by atoms with Gasteiger partial charge in [0.2, 0.25) is 0 Å². The molecule has 0 amide bonds. The summed E-state index contributed by atoms with van der Waals surface area (Å²) < 4.78 is 2.05. The third kappa shape index (κ3) is 4.60. The van der Waals surface area contributed by atoms with Crippen molar-refractivity contribution in [3.8, 4) is 0 Å². The van der Waals surface area contributed by atoms with Gasteiger partial charge in [-0.1, -0.05) is 13.8 Å². The molecule has 4 heteroatoms. The van der Waals surface area contributed by atoms with Crippen molar-refractivity contribution >= 4 is 0 Å². The number of nitrogens with one attached hydrogen (secondary N) is 1. The summed E-state index contributed by atoms with van der Waals surface area (Å²) in [5, 5.41) is 8.29. The zero-order valence-electron chi connectivity index (χ0n) is 13.5. The van der Waals surface area contributed by atoms with Crippen molar-refractivity contribution in [1.29, 1.82) is 0 Å². The third-order valence-electron chi connectivity index (χ3n) is 3.84. The lowest BCUT2D eigenvalue weighted by Gasteiger charge is -2.26. The summed E-state index contributed by atoms with van der Waals surface area (Å²) >= 11 is 0. The fraction of sp³-hybridized carbons (Fsp3) is 0.812. The van der Waals surface area contributed by atoms with E-state index in [1.807, 2.05) is 0 Å². The van der Waals surface area contributed by atoms with E-state index in [0.717, 1.165) is 19.6 Å². The fourth-order valence-corrected chi connectivity index (χ4v) is 2.92. The van der Waals surface area contributed by atoms with Gasteiger partial charge >= 0.3 is 0 Å². The van der Waals surface area contributed by atoms with E-state index in [1.165, 1.54) is 25.1 Å². The number of aromatic nitrogens is 2. The Morgan fingerprint density at radius 1 is 1.40 bits per heavy atom. The Kier molecular flexibility index (Phi) is 5.61. The number of nitrogens with zero attached hydrogens (tertiary/aromatic N) is 3. The molecule has 0 bridgehead atoms. The molecule has 1 fully saturated rings. The van der Waals surface area contributed by atoms with Crippen LogP contribution in [0.5, 0.6) is 0 Å². The molecule has 1 aliphatic rings. The predicted octanol–water partition coefficient (Wildman–Crippen LogP) is 2.67. The van der Waals surface area contributed by atoms with E-state index in [0.29, 0.717) is 18.0 Å². The van der Waals surface area contributed by atoms with Gasteiger partial charge in [-0.05, 0) is 45.2 Å². The Hall–Kier alpha value is -0.870. The molecule has 20 heavy (non-hydrogen) atoms. The lowest BCUT2D eigenvalue weighted by molar-refractivity contribution is 0.213. The van der Waals surface area contributed by atoms with Crippen molar-refractivity contribution in [2.75, 3.05) is 19.6 Å². The smallest absolute Gasteiger partial charge is 0.0764 e. The zero-order chi connectivity index (χ0) is 14.5. The second kappa shape index (κ2) is 7.23. The summed E-state index contributed by atoms with van der Waals surface area (Å²) in [6, 6.07) is 3.27. The third-order valence-corrected chi connectivity index (χ3v) is 3.84. The van der Waals surface area contributed by atoms with E-state index >= 15 is 0 Å². The Morgan fingerprint density at radius 2 is 2.20 bits per heavy atom. The van der Waals surface area contributed by atoms with Gasteiger partial charge in [-0.25, -0.2) is 0 Å². The van der Waals surface area contributed by atoms with Crippen LogP contribution >= 0.6 is 0 Å². The summed E-state index contributed by atoms with van der Waals surface area (Å²) in [6.45, 7) is 13.4. The molecular weight excluding hydrogens is 248 g/mol. The van der Waals surface area contributed by atoms with E-state index in [4.69, 9.17) is 0 Å². The molecule has 0 aliphatic carbocycles. The molecule has 1 unspecified atom stereocenters. The van der Waals surface area contributed by atoms with Crippen LogP contribution in [0.2, 0.25) is 0 Å². The first-order valence-electron chi connectivity index (χ1n) is 8.04. The summed E-state index contributed by atoms with van der Waals surface area (Å²) in [6.07, 6.45) is 4.73. The monoisotopic (exact) mass is 278 g/mol. The Labute approximate surface area is 123 Å². The molecule has 1 aliphatic heterocycles. The van der Waals surface area contributed by atoms with Gasteiger partial charge in [-0.3, -0.25) is 9.58 Å². The number of hydrogen-bond acceptors (Lipinski definition) is 3. The van der Waals surface area contributed by atoms with Gasteiger partial charge in [-0.2, -0.15) is 5.10 Å². The first kappa shape index (κ1) is 15.5. The van der Waals surface area contributed by atoms with Crippen molar-refractivity contribution in [2.24, 2.45) is 5.92 Å². The standard InChI is InChI=1S/C16H30N4/c1-13(2)10-19(11-15-6-5-8-17-15)12-16-7-9-20(18-16)14(3)4/h7,9,13-15,17H,5-6,8,10-12H2,1-4H3. The molecule has 4 nitrogen and oxygen atoms in total. The highest BCUT2D eigenvalue weighted by molar-refractivity contribution is 5.00. The van der Waals surface area contributed by atoms with Gasteiger partial charge < -0.3 is 5.32 Å². The maximum atomic E-state index is 4.69. The van der Waals surface area contributed by atoms with Crippen LogP contribution in [-0.2, 0) is 6.54 Å². The first-order valence-corrected chi connectivity index (χ1v) is 8.04. The summed E-state index contributed by atoms with van der Waals surface area (Å²) in [5.74, 6) is 0.698. The largest absolute Gasteiger partial charge is 0.313 e. The topological polar surface area (TPSA) is 33.1 Å². The highest BCUT2D eigenvalue weighted by atomic mass is 15.3. The lowest BCUT2D eigenvalue weighted by Crippen LogP contribution is -2.39. The molecule has 0 saturated carbocycles. The van der Waals surface area contributed by atoms with Crippen LogP contribution in [0.15, 0.2) is 12.3 Å². The Balaban J connectivity index is 1.94. The van der Waals surface area contributed by atoms with Crippen LogP contribution in [0.25, 0.3) is 0 Å². The van der Waals surface area contributed by atoms with Crippen LogP contribution < -0.4 is 5.32 Å². The van der Waals surface area contributed by atoms with Gasteiger partial charge in [0, 0.05) is 37.9 Å². The van der Waals surface area contributed by atoms with Crippen molar-refractivity contribution in [3.63, 3.8) is 0 Å². The molecule has 0 radical (unpaired) electrons. The molecule has 0 spiro atoms. The lowest BCUT2D eigenvalue weighted by atomic mass is 10.1. The van der Waals surface area contributed by atoms with E-state index in [1.54, 1.807) is 0 Å². The molecular formula is C16H30N4. The highest BCUT2D eigenvalue weighted by Gasteiger charge is 2.19. The van der Waals surface area contributed by atoms with Crippen molar-refractivity contribution in [3.05, 3.63) is 18.0 Å². The van der Waals surface area contributed by atoms with Crippen molar-refractivity contribution in [1.82, 2.24) is 20.0 Å². The van der Waals surface area contributed by atoms with Crippen LogP contribution in [0, 0.1) is 5.92 Å². The average molecular weight is 278 g/mol. The molecule has 114 valence electrons. The van der Waals surface area contributed by atoms with Crippen LogP contribution in [-0.4, -0.2) is 40.4 Å².